The molecule has 4 rings (SSSR count). The second kappa shape index (κ2) is 8.65. The van der Waals surface area contributed by atoms with Crippen molar-refractivity contribution in [1.82, 2.24) is 15.1 Å². The Morgan fingerprint density at radius 1 is 1.07 bits per heavy atom. The van der Waals surface area contributed by atoms with Gasteiger partial charge in [0.1, 0.15) is 12.4 Å². The van der Waals surface area contributed by atoms with Gasteiger partial charge in [-0.1, -0.05) is 37.3 Å². The molecule has 0 saturated carbocycles. The first-order valence-corrected chi connectivity index (χ1v) is 10.3. The van der Waals surface area contributed by atoms with Crippen molar-refractivity contribution in [1.29, 1.82) is 0 Å². The van der Waals surface area contributed by atoms with Crippen LogP contribution in [0.3, 0.4) is 0 Å². The van der Waals surface area contributed by atoms with Gasteiger partial charge in [0.2, 0.25) is 0 Å². The van der Waals surface area contributed by atoms with Crippen LogP contribution in [-0.2, 0) is 26.1 Å². The van der Waals surface area contributed by atoms with E-state index in [1.54, 1.807) is 0 Å². The fourth-order valence-corrected chi connectivity index (χ4v) is 4.01. The van der Waals surface area contributed by atoms with Crippen LogP contribution >= 0.6 is 0 Å². The molecule has 2 aromatic rings. The van der Waals surface area contributed by atoms with E-state index in [9.17, 15) is 4.79 Å². The molecule has 5 heteroatoms. The molecule has 0 radical (unpaired) electrons. The Kier molecular flexibility index (Phi) is 5.81. The molecule has 0 spiro atoms. The topological polar surface area (TPSA) is 44.8 Å². The summed E-state index contributed by atoms with van der Waals surface area (Å²) in [5.74, 6) is 0.901. The van der Waals surface area contributed by atoms with Gasteiger partial charge in [-0.15, -0.1) is 0 Å². The fraction of sp³-hybridized carbons (Fsp3) is 0.435. The second-order valence-corrected chi connectivity index (χ2v) is 7.67. The highest BCUT2D eigenvalue weighted by atomic mass is 16.5. The molecule has 0 fully saturated rings. The quantitative estimate of drug-likeness (QED) is 0.883. The first kappa shape index (κ1) is 18.8. The number of carbonyl (C=O) groups is 1. The Balaban J connectivity index is 1.45. The van der Waals surface area contributed by atoms with Crippen molar-refractivity contribution in [2.45, 2.75) is 39.4 Å². The van der Waals surface area contributed by atoms with Gasteiger partial charge in [0.15, 0.2) is 0 Å². The van der Waals surface area contributed by atoms with Crippen molar-refractivity contribution >= 4 is 6.03 Å². The summed E-state index contributed by atoms with van der Waals surface area (Å²) < 4.78 is 5.89. The van der Waals surface area contributed by atoms with Crippen LogP contribution in [0.1, 0.15) is 35.6 Å². The third-order valence-electron chi connectivity index (χ3n) is 5.53. The molecule has 2 aromatic carbocycles. The van der Waals surface area contributed by atoms with Crippen molar-refractivity contribution in [3.05, 3.63) is 64.7 Å². The normalized spacial score (nSPS) is 16.5. The van der Waals surface area contributed by atoms with Crippen LogP contribution in [0.25, 0.3) is 0 Å². The lowest BCUT2D eigenvalue weighted by Crippen LogP contribution is -2.40. The highest BCUT2D eigenvalue weighted by molar-refractivity contribution is 5.74. The molecular formula is C23H29N3O2. The Bertz CT molecular complexity index is 836. The first-order valence-electron chi connectivity index (χ1n) is 10.3. The van der Waals surface area contributed by atoms with Gasteiger partial charge < -0.3 is 15.0 Å². The maximum atomic E-state index is 12.4. The van der Waals surface area contributed by atoms with Crippen LogP contribution in [0.15, 0.2) is 42.5 Å². The smallest absolute Gasteiger partial charge is 0.317 e. The number of hydrogen-bond donors (Lipinski definition) is 1. The number of benzene rings is 2. The molecule has 2 heterocycles. The molecule has 28 heavy (non-hydrogen) atoms. The summed E-state index contributed by atoms with van der Waals surface area (Å²) in [4.78, 5) is 16.7. The Morgan fingerprint density at radius 2 is 1.93 bits per heavy atom. The molecule has 2 aliphatic rings. The average Bonchev–Trinajstić information content (AvgIpc) is 2.94. The molecule has 0 aliphatic carbocycles. The number of urea groups is 1. The SMILES string of the molecule is CCCNC(=O)N1CCOc2ccc(CN3CCc4ccccc4C3)cc2C1. The summed E-state index contributed by atoms with van der Waals surface area (Å²) in [6.07, 6.45) is 2.05. The maximum Gasteiger partial charge on any atom is 0.317 e. The van der Waals surface area contributed by atoms with E-state index < -0.39 is 0 Å². The van der Waals surface area contributed by atoms with Crippen LogP contribution in [0, 0.1) is 0 Å². The number of hydrogen-bond acceptors (Lipinski definition) is 3. The average molecular weight is 380 g/mol. The first-order chi connectivity index (χ1) is 13.7. The minimum Gasteiger partial charge on any atom is -0.491 e. The summed E-state index contributed by atoms with van der Waals surface area (Å²) in [6, 6.07) is 15.2. The van der Waals surface area contributed by atoms with E-state index in [4.69, 9.17) is 4.74 Å². The number of nitrogens with zero attached hydrogens (tertiary/aromatic N) is 2. The lowest BCUT2D eigenvalue weighted by molar-refractivity contribution is 0.187. The predicted molar refractivity (Wildman–Crippen MR) is 110 cm³/mol. The summed E-state index contributed by atoms with van der Waals surface area (Å²) in [6.45, 7) is 7.51. The monoisotopic (exact) mass is 379 g/mol. The number of amides is 2. The Hall–Kier alpha value is -2.53. The number of carbonyl (C=O) groups excluding carboxylic acids is 1. The Morgan fingerprint density at radius 3 is 2.79 bits per heavy atom. The van der Waals surface area contributed by atoms with E-state index in [1.165, 1.54) is 16.7 Å². The van der Waals surface area contributed by atoms with E-state index in [0.717, 1.165) is 43.8 Å². The zero-order chi connectivity index (χ0) is 19.3. The molecule has 0 aromatic heterocycles. The minimum absolute atomic E-state index is 0.00339. The van der Waals surface area contributed by atoms with Crippen molar-refractivity contribution in [2.24, 2.45) is 0 Å². The zero-order valence-corrected chi connectivity index (χ0v) is 16.6. The molecule has 148 valence electrons. The van der Waals surface area contributed by atoms with Crippen LogP contribution < -0.4 is 10.1 Å². The van der Waals surface area contributed by atoms with Gasteiger partial charge in [-0.2, -0.15) is 0 Å². The van der Waals surface area contributed by atoms with E-state index in [1.807, 2.05) is 4.90 Å². The fourth-order valence-electron chi connectivity index (χ4n) is 4.01. The number of rotatable bonds is 4. The number of ether oxygens (including phenoxy) is 1. The van der Waals surface area contributed by atoms with E-state index in [2.05, 4.69) is 59.6 Å². The van der Waals surface area contributed by atoms with Gasteiger partial charge in [0.25, 0.3) is 0 Å². The van der Waals surface area contributed by atoms with E-state index in [-0.39, 0.29) is 6.03 Å². The summed E-state index contributed by atoms with van der Waals surface area (Å²) in [7, 11) is 0. The van der Waals surface area contributed by atoms with Gasteiger partial charge in [-0.25, -0.2) is 4.79 Å². The van der Waals surface area contributed by atoms with Crippen molar-refractivity contribution in [3.63, 3.8) is 0 Å². The van der Waals surface area contributed by atoms with Crippen LogP contribution in [0.5, 0.6) is 5.75 Å². The maximum absolute atomic E-state index is 12.4. The van der Waals surface area contributed by atoms with Crippen LogP contribution in [-0.4, -0.2) is 42.1 Å². The molecule has 1 N–H and O–H groups in total. The molecule has 2 amide bonds. The molecule has 0 saturated heterocycles. The van der Waals surface area contributed by atoms with Gasteiger partial charge in [0, 0.05) is 31.7 Å². The number of fused-ring (bicyclic) bond motifs is 2. The molecule has 0 bridgehead atoms. The van der Waals surface area contributed by atoms with Crippen molar-refractivity contribution in [3.8, 4) is 5.75 Å². The van der Waals surface area contributed by atoms with E-state index in [0.29, 0.717) is 26.2 Å². The van der Waals surface area contributed by atoms with E-state index >= 15 is 0 Å². The highest BCUT2D eigenvalue weighted by Gasteiger charge is 2.21. The lowest BCUT2D eigenvalue weighted by atomic mass is 9.99. The Labute approximate surface area is 167 Å². The molecule has 0 atom stereocenters. The summed E-state index contributed by atoms with van der Waals surface area (Å²) in [5, 5.41) is 2.97. The summed E-state index contributed by atoms with van der Waals surface area (Å²) >= 11 is 0. The van der Waals surface area contributed by atoms with Gasteiger partial charge in [-0.3, -0.25) is 4.90 Å². The minimum atomic E-state index is -0.00339. The zero-order valence-electron chi connectivity index (χ0n) is 16.6. The highest BCUT2D eigenvalue weighted by Crippen LogP contribution is 2.26. The summed E-state index contributed by atoms with van der Waals surface area (Å²) in [5.41, 5.74) is 5.28. The lowest BCUT2D eigenvalue weighted by Gasteiger charge is -2.29. The third kappa shape index (κ3) is 4.30. The van der Waals surface area contributed by atoms with Crippen molar-refractivity contribution < 1.29 is 9.53 Å². The van der Waals surface area contributed by atoms with Crippen LogP contribution in [0.4, 0.5) is 4.79 Å². The standard InChI is InChI=1S/C23H29N3O2/c1-2-10-24-23(27)26-12-13-28-22-8-7-18(14-21(22)17-26)15-25-11-9-19-5-3-4-6-20(19)16-25/h3-8,14H,2,9-13,15-17H2,1H3,(H,24,27). The largest absolute Gasteiger partial charge is 0.491 e. The van der Waals surface area contributed by atoms with Gasteiger partial charge in [-0.05, 0) is 41.7 Å². The second-order valence-electron chi connectivity index (χ2n) is 7.67. The van der Waals surface area contributed by atoms with Gasteiger partial charge >= 0.3 is 6.03 Å². The predicted octanol–water partition coefficient (Wildman–Crippen LogP) is 3.56. The van der Waals surface area contributed by atoms with Gasteiger partial charge in [0.05, 0.1) is 13.1 Å². The van der Waals surface area contributed by atoms with Crippen LogP contribution in [0.2, 0.25) is 0 Å². The molecule has 5 nitrogen and oxygen atoms in total. The third-order valence-corrected chi connectivity index (χ3v) is 5.53. The van der Waals surface area contributed by atoms with Crippen molar-refractivity contribution in [2.75, 3.05) is 26.2 Å². The molecule has 2 aliphatic heterocycles. The number of nitrogens with one attached hydrogen (secondary N) is 1. The molecule has 0 unspecified atom stereocenters. The molecular weight excluding hydrogens is 350 g/mol.